The van der Waals surface area contributed by atoms with Gasteiger partial charge in [-0.05, 0) is 37.1 Å². The van der Waals surface area contributed by atoms with Crippen LogP contribution in [0.1, 0.15) is 18.4 Å². The summed E-state index contributed by atoms with van der Waals surface area (Å²) in [5, 5.41) is 11.4. The van der Waals surface area contributed by atoms with Crippen molar-refractivity contribution in [2.24, 2.45) is 5.92 Å². The van der Waals surface area contributed by atoms with Crippen molar-refractivity contribution < 1.29 is 22.9 Å². The smallest absolute Gasteiger partial charge is 0.366 e. The molecule has 33 heavy (non-hydrogen) atoms. The zero-order valence-corrected chi connectivity index (χ0v) is 17.9. The maximum absolute atomic E-state index is 13.0. The summed E-state index contributed by atoms with van der Waals surface area (Å²) in [5.74, 6) is 0.754. The molecule has 2 fully saturated rings. The molecule has 11 heteroatoms. The van der Waals surface area contributed by atoms with E-state index in [2.05, 4.69) is 9.88 Å². The number of piperidine rings is 1. The molecular formula is C22H24F3N5O3. The van der Waals surface area contributed by atoms with Gasteiger partial charge in [0.15, 0.2) is 0 Å². The molecule has 4 rings (SSSR count). The number of alkyl halides is 3. The number of aromatic nitrogens is 1. The molecule has 1 amide bonds. The summed E-state index contributed by atoms with van der Waals surface area (Å²) in [6.45, 7) is 3.33. The van der Waals surface area contributed by atoms with Gasteiger partial charge in [-0.2, -0.15) is 13.2 Å². The minimum atomic E-state index is -4.65. The number of amides is 1. The predicted octanol–water partition coefficient (Wildman–Crippen LogP) is 3.57. The topological polar surface area (TPSA) is 82.8 Å². The number of piperazine rings is 1. The number of halogens is 3. The summed E-state index contributed by atoms with van der Waals surface area (Å²) in [6.07, 6.45) is -1.92. The molecule has 0 N–H and O–H groups in total. The van der Waals surface area contributed by atoms with Crippen LogP contribution in [0.4, 0.5) is 30.4 Å². The van der Waals surface area contributed by atoms with E-state index in [1.807, 2.05) is 23.1 Å². The molecule has 3 heterocycles. The van der Waals surface area contributed by atoms with Crippen LogP contribution in [0.5, 0.6) is 0 Å². The van der Waals surface area contributed by atoms with E-state index in [-0.39, 0.29) is 17.5 Å². The number of carbonyl (C=O) groups is 1. The van der Waals surface area contributed by atoms with Gasteiger partial charge in [-0.15, -0.1) is 0 Å². The maximum atomic E-state index is 13.0. The quantitative estimate of drug-likeness (QED) is 0.509. The van der Waals surface area contributed by atoms with E-state index in [1.54, 1.807) is 11.1 Å². The number of hydrogen-bond acceptors (Lipinski definition) is 6. The summed E-state index contributed by atoms with van der Waals surface area (Å²) in [5.41, 5.74) is -1.46. The lowest BCUT2D eigenvalue weighted by Crippen LogP contribution is -2.52. The number of rotatable bonds is 4. The first-order chi connectivity index (χ1) is 15.7. The van der Waals surface area contributed by atoms with E-state index >= 15 is 0 Å². The van der Waals surface area contributed by atoms with Crippen molar-refractivity contribution in [3.63, 3.8) is 0 Å². The van der Waals surface area contributed by atoms with Crippen molar-refractivity contribution in [2.45, 2.75) is 19.0 Å². The van der Waals surface area contributed by atoms with Crippen LogP contribution in [0.2, 0.25) is 0 Å². The van der Waals surface area contributed by atoms with Gasteiger partial charge < -0.3 is 14.7 Å². The third-order valence-electron chi connectivity index (χ3n) is 6.25. The summed E-state index contributed by atoms with van der Waals surface area (Å²) >= 11 is 0. The lowest BCUT2D eigenvalue weighted by atomic mass is 9.94. The Morgan fingerprint density at radius 1 is 1.00 bits per heavy atom. The van der Waals surface area contributed by atoms with Crippen molar-refractivity contribution in [3.05, 3.63) is 58.3 Å². The highest BCUT2D eigenvalue weighted by atomic mass is 19.4. The van der Waals surface area contributed by atoms with E-state index in [0.717, 1.165) is 18.0 Å². The highest BCUT2D eigenvalue weighted by Gasteiger charge is 2.35. The van der Waals surface area contributed by atoms with Gasteiger partial charge in [0.2, 0.25) is 5.91 Å². The second-order valence-corrected chi connectivity index (χ2v) is 8.22. The molecule has 2 saturated heterocycles. The van der Waals surface area contributed by atoms with Crippen LogP contribution in [0.3, 0.4) is 0 Å². The van der Waals surface area contributed by atoms with Crippen LogP contribution in [-0.4, -0.2) is 60.0 Å². The van der Waals surface area contributed by atoms with Crippen molar-refractivity contribution >= 4 is 23.1 Å². The molecule has 0 unspecified atom stereocenters. The Kier molecular flexibility index (Phi) is 6.39. The van der Waals surface area contributed by atoms with Crippen LogP contribution >= 0.6 is 0 Å². The molecule has 2 aliphatic heterocycles. The van der Waals surface area contributed by atoms with Gasteiger partial charge in [0, 0.05) is 57.4 Å². The molecule has 2 aromatic rings. The Balaban J connectivity index is 1.35. The number of anilines is 2. The molecule has 1 aromatic carbocycles. The number of carbonyl (C=O) groups excluding carboxylic acids is 1. The molecule has 0 bridgehead atoms. The highest BCUT2D eigenvalue weighted by Crippen LogP contribution is 2.38. The van der Waals surface area contributed by atoms with E-state index in [1.165, 1.54) is 0 Å². The minimum absolute atomic E-state index is 0.0669. The minimum Gasteiger partial charge on any atom is -0.366 e. The van der Waals surface area contributed by atoms with E-state index in [0.29, 0.717) is 58.2 Å². The lowest BCUT2D eigenvalue weighted by Gasteiger charge is -2.39. The van der Waals surface area contributed by atoms with Crippen molar-refractivity contribution in [3.8, 4) is 0 Å². The van der Waals surface area contributed by atoms with Crippen LogP contribution in [0.15, 0.2) is 42.6 Å². The van der Waals surface area contributed by atoms with Crippen molar-refractivity contribution in [2.75, 3.05) is 49.1 Å². The fourth-order valence-corrected chi connectivity index (χ4v) is 4.44. The number of nitro benzene ring substituents is 1. The van der Waals surface area contributed by atoms with Crippen LogP contribution in [0, 0.1) is 16.0 Å². The average Bonchev–Trinajstić information content (AvgIpc) is 2.83. The first kappa shape index (κ1) is 22.8. The van der Waals surface area contributed by atoms with Gasteiger partial charge in [-0.25, -0.2) is 4.98 Å². The monoisotopic (exact) mass is 463 g/mol. The Labute approximate surface area is 188 Å². The van der Waals surface area contributed by atoms with Gasteiger partial charge in [0.1, 0.15) is 11.5 Å². The number of benzene rings is 1. The van der Waals surface area contributed by atoms with E-state index in [4.69, 9.17) is 0 Å². The van der Waals surface area contributed by atoms with Gasteiger partial charge >= 0.3 is 6.18 Å². The maximum Gasteiger partial charge on any atom is 0.416 e. The Hall–Kier alpha value is -3.37. The molecule has 0 atom stereocenters. The molecule has 0 saturated carbocycles. The third kappa shape index (κ3) is 5.01. The van der Waals surface area contributed by atoms with Crippen molar-refractivity contribution in [1.29, 1.82) is 0 Å². The summed E-state index contributed by atoms with van der Waals surface area (Å²) in [6, 6.07) is 8.31. The van der Waals surface area contributed by atoms with Gasteiger partial charge in [0.05, 0.1) is 10.5 Å². The number of nitro groups is 1. The normalized spacial score (nSPS) is 17.8. The fourth-order valence-electron chi connectivity index (χ4n) is 4.44. The second kappa shape index (κ2) is 9.24. The van der Waals surface area contributed by atoms with E-state index in [9.17, 15) is 28.1 Å². The van der Waals surface area contributed by atoms with Crippen LogP contribution in [-0.2, 0) is 11.0 Å². The first-order valence-corrected chi connectivity index (χ1v) is 10.8. The largest absolute Gasteiger partial charge is 0.416 e. The Morgan fingerprint density at radius 2 is 1.70 bits per heavy atom. The molecule has 0 radical (unpaired) electrons. The molecule has 1 aromatic heterocycles. The molecule has 176 valence electrons. The molecule has 0 aliphatic carbocycles. The summed E-state index contributed by atoms with van der Waals surface area (Å²) in [7, 11) is 0. The zero-order chi connectivity index (χ0) is 23.6. The SMILES string of the molecule is O=C(C1CCN(c2ccc(C(F)(F)F)cc2[N+](=O)[O-])CC1)N1CCN(c2ccccn2)CC1. The highest BCUT2D eigenvalue weighted by molar-refractivity contribution is 5.79. The lowest BCUT2D eigenvalue weighted by molar-refractivity contribution is -0.384. The van der Waals surface area contributed by atoms with Crippen molar-refractivity contribution in [1.82, 2.24) is 9.88 Å². The number of nitrogens with zero attached hydrogens (tertiary/aromatic N) is 5. The zero-order valence-electron chi connectivity index (χ0n) is 17.9. The first-order valence-electron chi connectivity index (χ1n) is 10.8. The Bertz CT molecular complexity index is 1000. The number of hydrogen-bond donors (Lipinski definition) is 0. The third-order valence-corrected chi connectivity index (χ3v) is 6.25. The van der Waals surface area contributed by atoms with Gasteiger partial charge in [0.25, 0.3) is 5.69 Å². The standard InChI is InChI=1S/C22H24F3N5O3/c23-22(24,25)17-4-5-18(19(15-17)30(32)33)27-9-6-16(7-10-27)21(31)29-13-11-28(12-14-29)20-3-1-2-8-26-20/h1-5,8,15-16H,6-7,9-14H2. The number of pyridine rings is 1. The summed E-state index contributed by atoms with van der Waals surface area (Å²) in [4.78, 5) is 33.6. The molecule has 0 spiro atoms. The average molecular weight is 463 g/mol. The predicted molar refractivity (Wildman–Crippen MR) is 116 cm³/mol. The van der Waals surface area contributed by atoms with Gasteiger partial charge in [-0.1, -0.05) is 6.07 Å². The Morgan fingerprint density at radius 3 is 2.27 bits per heavy atom. The van der Waals surface area contributed by atoms with Crippen LogP contribution in [0.25, 0.3) is 0 Å². The van der Waals surface area contributed by atoms with E-state index < -0.39 is 22.4 Å². The summed E-state index contributed by atoms with van der Waals surface area (Å²) < 4.78 is 38.9. The fraction of sp³-hybridized carbons (Fsp3) is 0.455. The molecular weight excluding hydrogens is 439 g/mol. The second-order valence-electron chi connectivity index (χ2n) is 8.22. The molecule has 8 nitrogen and oxygen atoms in total. The van der Waals surface area contributed by atoms with Gasteiger partial charge in [-0.3, -0.25) is 14.9 Å². The van der Waals surface area contributed by atoms with Crippen LogP contribution < -0.4 is 9.80 Å². The molecule has 2 aliphatic rings.